The molecule has 0 bridgehead atoms. The van der Waals surface area contributed by atoms with Crippen LogP contribution in [0.4, 0.5) is 0 Å². The molecule has 1 aromatic heterocycles. The molecule has 0 saturated heterocycles. The lowest BCUT2D eigenvalue weighted by Gasteiger charge is -1.99. The van der Waals surface area contributed by atoms with Crippen molar-refractivity contribution in [2.45, 2.75) is 13.3 Å². The van der Waals surface area contributed by atoms with Crippen LogP contribution in [0.2, 0.25) is 0 Å². The average Bonchev–Trinajstić information content (AvgIpc) is 2.55. The Morgan fingerprint density at radius 2 is 2.06 bits per heavy atom. The third kappa shape index (κ3) is 1.69. The van der Waals surface area contributed by atoms with Crippen molar-refractivity contribution in [3.63, 3.8) is 0 Å². The van der Waals surface area contributed by atoms with Gasteiger partial charge in [-0.2, -0.15) is 0 Å². The van der Waals surface area contributed by atoms with E-state index in [1.165, 1.54) is 22.2 Å². The van der Waals surface area contributed by atoms with E-state index in [0.717, 1.165) is 6.42 Å². The Labute approximate surface area is 96.7 Å². The van der Waals surface area contributed by atoms with E-state index in [2.05, 4.69) is 61.5 Å². The first kappa shape index (κ1) is 10.7. The first-order valence-corrected chi connectivity index (χ1v) is 5.57. The van der Waals surface area contributed by atoms with Crippen molar-refractivity contribution < 1.29 is 0 Å². The van der Waals surface area contributed by atoms with Crippen LogP contribution in [0.15, 0.2) is 43.0 Å². The van der Waals surface area contributed by atoms with E-state index < -0.39 is 0 Å². The molecular weight excluding hydrogens is 194 g/mol. The lowest BCUT2D eigenvalue weighted by atomic mass is 10.1. The molecule has 0 saturated carbocycles. The highest BCUT2D eigenvalue weighted by atomic mass is 14.9. The van der Waals surface area contributed by atoms with Gasteiger partial charge in [0.05, 0.1) is 0 Å². The fraction of sp³-hybridized carbons (Fsp3) is 0.200. The van der Waals surface area contributed by atoms with Crippen LogP contribution in [0.5, 0.6) is 0 Å². The van der Waals surface area contributed by atoms with E-state index >= 15 is 0 Å². The van der Waals surface area contributed by atoms with Crippen molar-refractivity contribution >= 4 is 17.0 Å². The Bertz CT molecular complexity index is 505. The molecule has 0 aliphatic heterocycles. The minimum atomic E-state index is 0.918. The lowest BCUT2D eigenvalue weighted by Crippen LogP contribution is -1.90. The van der Waals surface area contributed by atoms with Gasteiger partial charge in [0.1, 0.15) is 0 Å². The molecule has 0 unspecified atom stereocenters. The minimum Gasteiger partial charge on any atom is -0.344 e. The van der Waals surface area contributed by atoms with Crippen LogP contribution < -0.4 is 0 Å². The van der Waals surface area contributed by atoms with Gasteiger partial charge in [-0.3, -0.25) is 0 Å². The first-order chi connectivity index (χ1) is 7.75. The number of nitrogens with zero attached hydrogens (tertiary/aromatic N) is 1. The third-order valence-electron chi connectivity index (χ3n) is 2.99. The molecule has 16 heavy (non-hydrogen) atoms. The van der Waals surface area contributed by atoms with Gasteiger partial charge < -0.3 is 4.57 Å². The lowest BCUT2D eigenvalue weighted by molar-refractivity contribution is 0.948. The number of aryl methyl sites for hydroxylation is 2. The number of allylic oxidation sites excluding steroid dienone is 2. The second-order valence-electron chi connectivity index (χ2n) is 4.01. The molecule has 1 aromatic carbocycles. The summed E-state index contributed by atoms with van der Waals surface area (Å²) in [4.78, 5) is 0. The average molecular weight is 211 g/mol. The van der Waals surface area contributed by atoms with Crippen LogP contribution in [0.3, 0.4) is 0 Å². The molecule has 2 aromatic rings. The molecule has 0 atom stereocenters. The van der Waals surface area contributed by atoms with E-state index in [1.54, 1.807) is 0 Å². The van der Waals surface area contributed by atoms with Gasteiger partial charge in [-0.1, -0.05) is 30.4 Å². The van der Waals surface area contributed by atoms with Crippen LogP contribution in [0.25, 0.3) is 17.0 Å². The predicted octanol–water partition coefficient (Wildman–Crippen LogP) is 4.08. The molecule has 0 aliphatic carbocycles. The number of benzene rings is 1. The van der Waals surface area contributed by atoms with Gasteiger partial charge in [0.2, 0.25) is 0 Å². The number of hydrogen-bond acceptors (Lipinski definition) is 0. The van der Waals surface area contributed by atoms with E-state index in [4.69, 9.17) is 0 Å². The van der Waals surface area contributed by atoms with Crippen molar-refractivity contribution in [2.24, 2.45) is 7.05 Å². The Hall–Kier alpha value is -1.76. The predicted molar refractivity (Wildman–Crippen MR) is 71.5 cm³/mol. The van der Waals surface area contributed by atoms with Gasteiger partial charge >= 0.3 is 0 Å². The summed E-state index contributed by atoms with van der Waals surface area (Å²) in [6.07, 6.45) is 7.15. The van der Waals surface area contributed by atoms with Crippen molar-refractivity contribution in [1.82, 2.24) is 4.57 Å². The topological polar surface area (TPSA) is 4.93 Å². The van der Waals surface area contributed by atoms with Crippen LogP contribution in [-0.2, 0) is 7.05 Å². The zero-order valence-electron chi connectivity index (χ0n) is 9.90. The Balaban J connectivity index is 2.57. The number of rotatable bonds is 3. The molecule has 2 rings (SSSR count). The molecule has 1 nitrogen and oxygen atoms in total. The molecule has 0 aliphatic rings. The molecule has 0 N–H and O–H groups in total. The minimum absolute atomic E-state index is 0.918. The van der Waals surface area contributed by atoms with E-state index in [1.807, 2.05) is 6.08 Å². The summed E-state index contributed by atoms with van der Waals surface area (Å²) < 4.78 is 2.24. The molecular formula is C15H17N. The Morgan fingerprint density at radius 3 is 2.75 bits per heavy atom. The van der Waals surface area contributed by atoms with Crippen molar-refractivity contribution in [2.75, 3.05) is 0 Å². The summed E-state index contributed by atoms with van der Waals surface area (Å²) in [5.41, 5.74) is 3.92. The first-order valence-electron chi connectivity index (χ1n) is 5.57. The second kappa shape index (κ2) is 4.40. The van der Waals surface area contributed by atoms with Crippen molar-refractivity contribution in [3.05, 3.63) is 54.3 Å². The highest BCUT2D eigenvalue weighted by Crippen LogP contribution is 2.25. The zero-order chi connectivity index (χ0) is 11.5. The fourth-order valence-electron chi connectivity index (χ4n) is 2.12. The monoisotopic (exact) mass is 211 g/mol. The van der Waals surface area contributed by atoms with Crippen LogP contribution >= 0.6 is 0 Å². The largest absolute Gasteiger partial charge is 0.344 e. The highest BCUT2D eigenvalue weighted by molar-refractivity contribution is 5.87. The van der Waals surface area contributed by atoms with Crippen molar-refractivity contribution in [1.29, 1.82) is 0 Å². The van der Waals surface area contributed by atoms with Crippen molar-refractivity contribution in [3.8, 4) is 0 Å². The standard InChI is InChI=1S/C15H17N/c1-4-5-6-10-14-12(2)13-9-7-8-11-15(13)16(14)3/h4,6-11H,1,5H2,2-3H3/b10-6-. The molecule has 1 heterocycles. The van der Waals surface area contributed by atoms with Gasteiger partial charge in [0.25, 0.3) is 0 Å². The molecule has 82 valence electrons. The number of fused-ring (bicyclic) bond motifs is 1. The van der Waals surface area contributed by atoms with E-state index in [0.29, 0.717) is 0 Å². The molecule has 0 fully saturated rings. The van der Waals surface area contributed by atoms with Gasteiger partial charge in [0.15, 0.2) is 0 Å². The maximum atomic E-state index is 3.72. The summed E-state index contributed by atoms with van der Waals surface area (Å²) in [5.74, 6) is 0. The smallest absolute Gasteiger partial charge is 0.0485 e. The quantitative estimate of drug-likeness (QED) is 0.674. The van der Waals surface area contributed by atoms with Crippen LogP contribution in [0.1, 0.15) is 17.7 Å². The van der Waals surface area contributed by atoms with Crippen LogP contribution in [-0.4, -0.2) is 4.57 Å². The molecule has 0 spiro atoms. The number of aromatic nitrogens is 1. The zero-order valence-corrected chi connectivity index (χ0v) is 9.90. The summed E-state index contributed by atoms with van der Waals surface area (Å²) in [6, 6.07) is 8.51. The Morgan fingerprint density at radius 1 is 1.31 bits per heavy atom. The summed E-state index contributed by atoms with van der Waals surface area (Å²) in [6.45, 7) is 5.90. The summed E-state index contributed by atoms with van der Waals surface area (Å²) in [7, 11) is 2.11. The number of para-hydroxylation sites is 1. The van der Waals surface area contributed by atoms with Gasteiger partial charge in [0, 0.05) is 23.6 Å². The maximum Gasteiger partial charge on any atom is 0.0485 e. The molecule has 1 heteroatoms. The van der Waals surface area contributed by atoms with Gasteiger partial charge in [-0.05, 0) is 31.1 Å². The van der Waals surface area contributed by atoms with E-state index in [9.17, 15) is 0 Å². The molecule has 0 radical (unpaired) electrons. The highest BCUT2D eigenvalue weighted by Gasteiger charge is 2.07. The molecule has 0 amide bonds. The fourth-order valence-corrected chi connectivity index (χ4v) is 2.12. The van der Waals surface area contributed by atoms with Gasteiger partial charge in [-0.25, -0.2) is 0 Å². The van der Waals surface area contributed by atoms with Gasteiger partial charge in [-0.15, -0.1) is 6.58 Å². The van der Waals surface area contributed by atoms with E-state index in [-0.39, 0.29) is 0 Å². The maximum absolute atomic E-state index is 3.72. The SMILES string of the molecule is C=CC/C=C\c1c(C)c2ccccc2n1C. The summed E-state index contributed by atoms with van der Waals surface area (Å²) in [5, 5.41) is 1.34. The second-order valence-corrected chi connectivity index (χ2v) is 4.01. The van der Waals surface area contributed by atoms with Crippen LogP contribution in [0, 0.1) is 6.92 Å². The normalized spacial score (nSPS) is 11.4. The summed E-state index contributed by atoms with van der Waals surface area (Å²) >= 11 is 0. The third-order valence-corrected chi connectivity index (χ3v) is 2.99. The Kier molecular flexibility index (Phi) is 2.95. The number of hydrogen-bond donors (Lipinski definition) is 0.